The van der Waals surface area contributed by atoms with Crippen LogP contribution in [0, 0.1) is 6.92 Å². The lowest BCUT2D eigenvalue weighted by atomic mass is 10.0. The van der Waals surface area contributed by atoms with Gasteiger partial charge in [-0.15, -0.1) is 0 Å². The van der Waals surface area contributed by atoms with Gasteiger partial charge in [0.05, 0.1) is 6.61 Å². The van der Waals surface area contributed by atoms with Crippen LogP contribution in [0.4, 0.5) is 0 Å². The van der Waals surface area contributed by atoms with Crippen LogP contribution in [-0.2, 0) is 30.8 Å². The number of amides is 1. The maximum absolute atomic E-state index is 13.3. The summed E-state index contributed by atoms with van der Waals surface area (Å²) in [6.07, 6.45) is 8.79. The van der Waals surface area contributed by atoms with Gasteiger partial charge in [-0.1, -0.05) is 42.5 Å². The number of rotatable bonds is 8. The molecule has 1 N–H and O–H groups in total. The summed E-state index contributed by atoms with van der Waals surface area (Å²) in [5.41, 5.74) is 3.64. The molecule has 0 aliphatic carbocycles. The maximum Gasteiger partial charge on any atom is 0.224 e. The fourth-order valence-electron chi connectivity index (χ4n) is 5.03. The van der Waals surface area contributed by atoms with E-state index >= 15 is 0 Å². The Bertz CT molecular complexity index is 1130. The van der Waals surface area contributed by atoms with Gasteiger partial charge in [-0.05, 0) is 56.2 Å². The number of ether oxygens (including phenoxy) is 1. The minimum Gasteiger partial charge on any atom is -0.493 e. The van der Waals surface area contributed by atoms with Gasteiger partial charge in [0, 0.05) is 70.3 Å². The van der Waals surface area contributed by atoms with E-state index in [1.165, 1.54) is 16.7 Å². The molecule has 0 fully saturated rings. The molecule has 2 aromatic carbocycles. The van der Waals surface area contributed by atoms with Gasteiger partial charge in [0.15, 0.2) is 0 Å². The van der Waals surface area contributed by atoms with Gasteiger partial charge in [0.1, 0.15) is 11.6 Å². The Balaban J connectivity index is 1.52. The van der Waals surface area contributed by atoms with E-state index in [0.717, 1.165) is 69.9 Å². The van der Waals surface area contributed by atoms with Crippen molar-refractivity contribution < 1.29 is 14.6 Å². The topological polar surface area (TPSA) is 70.8 Å². The van der Waals surface area contributed by atoms with Gasteiger partial charge in [-0.3, -0.25) is 9.69 Å². The van der Waals surface area contributed by atoms with E-state index in [1.54, 1.807) is 6.20 Å². The van der Waals surface area contributed by atoms with Gasteiger partial charge in [0.2, 0.25) is 5.91 Å². The molecule has 0 saturated heterocycles. The number of aliphatic hydroxyl groups excluding tert-OH is 1. The largest absolute Gasteiger partial charge is 0.493 e. The van der Waals surface area contributed by atoms with Gasteiger partial charge < -0.3 is 19.3 Å². The van der Waals surface area contributed by atoms with Crippen LogP contribution in [0.2, 0.25) is 0 Å². The molecule has 0 atom stereocenters. The number of aryl methyl sites for hydroxylation is 3. The molecule has 1 aliphatic heterocycles. The Morgan fingerprint density at radius 2 is 1.89 bits per heavy atom. The molecule has 0 bridgehead atoms. The average molecular weight is 519 g/mol. The highest BCUT2D eigenvalue weighted by Crippen LogP contribution is 2.25. The van der Waals surface area contributed by atoms with Crippen molar-refractivity contribution in [3.05, 3.63) is 83.4 Å². The van der Waals surface area contributed by atoms with Crippen molar-refractivity contribution in [3.63, 3.8) is 0 Å². The zero-order valence-corrected chi connectivity index (χ0v) is 22.7. The van der Waals surface area contributed by atoms with Crippen LogP contribution in [0.15, 0.2) is 60.9 Å². The number of hydrogen-bond donors (Lipinski definition) is 1. The number of carbonyl (C=O) groups excluding carboxylic acids is 1. The number of aliphatic hydroxyl groups is 1. The molecule has 204 valence electrons. The molecule has 0 radical (unpaired) electrons. The van der Waals surface area contributed by atoms with Crippen LogP contribution in [0.1, 0.15) is 54.6 Å². The normalized spacial score (nSPS) is 15.6. The van der Waals surface area contributed by atoms with Crippen LogP contribution in [0.25, 0.3) is 0 Å². The molecule has 2 heterocycles. The Morgan fingerprint density at radius 1 is 1.03 bits per heavy atom. The molecule has 0 saturated carbocycles. The summed E-state index contributed by atoms with van der Waals surface area (Å²) in [7, 11) is 0. The van der Waals surface area contributed by atoms with Crippen LogP contribution in [0.5, 0.6) is 5.75 Å². The van der Waals surface area contributed by atoms with Crippen molar-refractivity contribution in [1.29, 1.82) is 0 Å². The van der Waals surface area contributed by atoms with Crippen molar-refractivity contribution in [2.75, 3.05) is 32.8 Å². The maximum atomic E-state index is 13.3. The molecular weight excluding hydrogens is 476 g/mol. The van der Waals surface area contributed by atoms with E-state index in [0.29, 0.717) is 26.1 Å². The Hall–Kier alpha value is -3.16. The number of aromatic nitrogens is 2. The average Bonchev–Trinajstić information content (AvgIpc) is 3.35. The first-order chi connectivity index (χ1) is 18.6. The van der Waals surface area contributed by atoms with Gasteiger partial charge in [0.25, 0.3) is 0 Å². The van der Waals surface area contributed by atoms with Crippen molar-refractivity contribution in [2.24, 2.45) is 0 Å². The standard InChI is InChI=1S/C31H42N4O3/c1-26-32-15-18-34(26)17-14-31(37)35-16-6-3-7-22-38-30-13-12-27(11-8-21-36)23-29(30)25-33(19-20-35)24-28-9-4-2-5-10-28/h2,4-5,9-10,12-13,15,18,23,36H,3,6-8,11,14,16-17,19-22,24-25H2,1H3. The van der Waals surface area contributed by atoms with Gasteiger partial charge >= 0.3 is 0 Å². The van der Waals surface area contributed by atoms with E-state index in [4.69, 9.17) is 4.74 Å². The van der Waals surface area contributed by atoms with Crippen LogP contribution >= 0.6 is 0 Å². The molecule has 1 amide bonds. The fourth-order valence-corrected chi connectivity index (χ4v) is 5.03. The molecule has 4 rings (SSSR count). The first-order valence-electron chi connectivity index (χ1n) is 14.0. The summed E-state index contributed by atoms with van der Waals surface area (Å²) in [5, 5.41) is 9.31. The summed E-state index contributed by atoms with van der Waals surface area (Å²) >= 11 is 0. The third kappa shape index (κ3) is 8.43. The number of carbonyl (C=O) groups is 1. The van der Waals surface area contributed by atoms with Crippen molar-refractivity contribution in [1.82, 2.24) is 19.4 Å². The molecular formula is C31H42N4O3. The van der Waals surface area contributed by atoms with Gasteiger partial charge in [-0.2, -0.15) is 0 Å². The second kappa shape index (κ2) is 14.7. The number of benzene rings is 2. The van der Waals surface area contributed by atoms with Crippen LogP contribution in [-0.4, -0.2) is 63.2 Å². The van der Waals surface area contributed by atoms with Crippen LogP contribution in [0.3, 0.4) is 0 Å². The minimum atomic E-state index is 0.192. The highest BCUT2D eigenvalue weighted by molar-refractivity contribution is 5.76. The van der Waals surface area contributed by atoms with E-state index in [1.807, 2.05) is 23.8 Å². The highest BCUT2D eigenvalue weighted by Gasteiger charge is 2.18. The fraction of sp³-hybridized carbons (Fsp3) is 0.484. The summed E-state index contributed by atoms with van der Waals surface area (Å²) < 4.78 is 8.30. The molecule has 3 aromatic rings. The zero-order chi connectivity index (χ0) is 26.6. The minimum absolute atomic E-state index is 0.192. The molecule has 1 aliphatic rings. The summed E-state index contributed by atoms with van der Waals surface area (Å²) in [4.78, 5) is 22.1. The summed E-state index contributed by atoms with van der Waals surface area (Å²) in [5.74, 6) is 2.09. The lowest BCUT2D eigenvalue weighted by Gasteiger charge is -2.29. The first kappa shape index (κ1) is 27.9. The Kier molecular flexibility index (Phi) is 10.8. The molecule has 0 unspecified atom stereocenters. The predicted octanol–water partition coefficient (Wildman–Crippen LogP) is 4.60. The van der Waals surface area contributed by atoms with E-state index in [-0.39, 0.29) is 12.5 Å². The molecule has 38 heavy (non-hydrogen) atoms. The third-order valence-corrected chi connectivity index (χ3v) is 7.25. The summed E-state index contributed by atoms with van der Waals surface area (Å²) in [6, 6.07) is 17.0. The van der Waals surface area contributed by atoms with Crippen LogP contribution < -0.4 is 4.74 Å². The number of hydrogen-bond acceptors (Lipinski definition) is 5. The van der Waals surface area contributed by atoms with E-state index < -0.39 is 0 Å². The lowest BCUT2D eigenvalue weighted by molar-refractivity contribution is -0.131. The smallest absolute Gasteiger partial charge is 0.224 e. The zero-order valence-electron chi connectivity index (χ0n) is 22.7. The predicted molar refractivity (Wildman–Crippen MR) is 150 cm³/mol. The molecule has 1 aromatic heterocycles. The molecule has 7 nitrogen and oxygen atoms in total. The Morgan fingerprint density at radius 3 is 2.68 bits per heavy atom. The van der Waals surface area contributed by atoms with Gasteiger partial charge in [-0.25, -0.2) is 4.98 Å². The van der Waals surface area contributed by atoms with E-state index in [2.05, 4.69) is 57.2 Å². The third-order valence-electron chi connectivity index (χ3n) is 7.25. The lowest BCUT2D eigenvalue weighted by Crippen LogP contribution is -2.39. The monoisotopic (exact) mass is 518 g/mol. The Labute approximate surface area is 227 Å². The van der Waals surface area contributed by atoms with Crippen molar-refractivity contribution >= 4 is 5.91 Å². The highest BCUT2D eigenvalue weighted by atomic mass is 16.5. The van der Waals surface area contributed by atoms with E-state index in [9.17, 15) is 9.90 Å². The number of fused-ring (bicyclic) bond motifs is 1. The quantitative estimate of drug-likeness (QED) is 0.472. The second-order valence-electron chi connectivity index (χ2n) is 10.2. The molecule has 7 heteroatoms. The number of imidazole rings is 1. The second-order valence-corrected chi connectivity index (χ2v) is 10.2. The van der Waals surface area contributed by atoms with Crippen molar-refractivity contribution in [2.45, 2.75) is 65.1 Å². The molecule has 0 spiro atoms. The van der Waals surface area contributed by atoms with Crippen molar-refractivity contribution in [3.8, 4) is 5.75 Å². The SMILES string of the molecule is Cc1nccn1CCC(=O)N1CCCCCOc2ccc(CCCO)cc2CN(Cc2ccccc2)CC1. The first-order valence-corrected chi connectivity index (χ1v) is 14.0. The number of nitrogens with zero attached hydrogens (tertiary/aromatic N) is 4. The summed E-state index contributed by atoms with van der Waals surface area (Å²) in [6.45, 7) is 7.31.